The quantitative estimate of drug-likeness (QED) is 0.802. The summed E-state index contributed by atoms with van der Waals surface area (Å²) in [7, 11) is 0. The van der Waals surface area contributed by atoms with E-state index in [4.69, 9.17) is 16.2 Å². The average Bonchev–Trinajstić information content (AvgIpc) is 2.51. The monoisotopic (exact) mass is 344 g/mol. The molecule has 1 aliphatic heterocycles. The number of likely N-dealkylation sites (tertiary alicyclic amines) is 1. The van der Waals surface area contributed by atoms with Crippen LogP contribution in [0.4, 0.5) is 4.79 Å². The molecule has 1 aromatic carbocycles. The number of hydrogen-bond acceptors (Lipinski definition) is 5. The SMILES string of the molecule is CC(C)(C)OC(=O)N1CC(CN=C/C(=C\N)c2ccc(CN)cc2)C1. The molecule has 6 nitrogen and oxygen atoms in total. The van der Waals surface area contributed by atoms with Gasteiger partial charge in [0.05, 0.1) is 0 Å². The van der Waals surface area contributed by atoms with Crippen LogP contribution in [0.2, 0.25) is 0 Å². The highest BCUT2D eigenvalue weighted by Crippen LogP contribution is 2.20. The molecule has 0 spiro atoms. The number of benzene rings is 1. The van der Waals surface area contributed by atoms with Crippen LogP contribution in [0.3, 0.4) is 0 Å². The predicted octanol–water partition coefficient (Wildman–Crippen LogP) is 2.38. The Kier molecular flexibility index (Phi) is 6.20. The van der Waals surface area contributed by atoms with Gasteiger partial charge in [-0.25, -0.2) is 4.79 Å². The Morgan fingerprint density at radius 3 is 2.48 bits per heavy atom. The number of rotatable bonds is 5. The highest BCUT2D eigenvalue weighted by atomic mass is 16.6. The first kappa shape index (κ1) is 19.0. The van der Waals surface area contributed by atoms with Crippen LogP contribution in [0, 0.1) is 5.92 Å². The number of carbonyl (C=O) groups excluding carboxylic acids is 1. The Morgan fingerprint density at radius 1 is 1.32 bits per heavy atom. The van der Waals surface area contributed by atoms with Gasteiger partial charge < -0.3 is 21.1 Å². The third kappa shape index (κ3) is 5.60. The van der Waals surface area contributed by atoms with E-state index in [0.29, 0.717) is 32.1 Å². The van der Waals surface area contributed by atoms with Crippen molar-refractivity contribution >= 4 is 17.9 Å². The molecule has 1 fully saturated rings. The summed E-state index contributed by atoms with van der Waals surface area (Å²) in [5, 5.41) is 0. The van der Waals surface area contributed by atoms with Crippen LogP contribution >= 0.6 is 0 Å². The van der Waals surface area contributed by atoms with E-state index in [1.165, 1.54) is 0 Å². The van der Waals surface area contributed by atoms with Crippen LogP contribution in [0.5, 0.6) is 0 Å². The molecule has 136 valence electrons. The van der Waals surface area contributed by atoms with Gasteiger partial charge in [-0.15, -0.1) is 0 Å². The van der Waals surface area contributed by atoms with E-state index < -0.39 is 5.60 Å². The Balaban J connectivity index is 1.80. The van der Waals surface area contributed by atoms with Gasteiger partial charge >= 0.3 is 6.09 Å². The average molecular weight is 344 g/mol. The molecule has 0 saturated carbocycles. The fourth-order valence-electron chi connectivity index (χ4n) is 2.51. The van der Waals surface area contributed by atoms with Crippen molar-refractivity contribution in [3.05, 3.63) is 41.6 Å². The number of nitrogens with two attached hydrogens (primary N) is 2. The first-order valence-corrected chi connectivity index (χ1v) is 8.51. The van der Waals surface area contributed by atoms with Gasteiger partial charge in [-0.1, -0.05) is 24.3 Å². The van der Waals surface area contributed by atoms with Gasteiger partial charge in [0.1, 0.15) is 5.60 Å². The molecule has 25 heavy (non-hydrogen) atoms. The highest BCUT2D eigenvalue weighted by Gasteiger charge is 2.33. The molecule has 0 radical (unpaired) electrons. The smallest absolute Gasteiger partial charge is 0.410 e. The fourth-order valence-corrected chi connectivity index (χ4v) is 2.51. The minimum absolute atomic E-state index is 0.254. The molecule has 6 heteroatoms. The van der Waals surface area contributed by atoms with Crippen molar-refractivity contribution in [3.63, 3.8) is 0 Å². The zero-order chi connectivity index (χ0) is 18.4. The summed E-state index contributed by atoms with van der Waals surface area (Å²) in [6.07, 6.45) is 3.08. The van der Waals surface area contributed by atoms with Gasteiger partial charge in [-0.3, -0.25) is 4.99 Å². The standard InChI is InChI=1S/C19H28N4O2/c1-19(2,3)25-18(24)23-12-15(13-23)10-22-11-17(9-21)16-6-4-14(8-20)5-7-16/h4-7,9,11,15H,8,10,12-13,20-21H2,1-3H3/b17-9+,22-11?. The molecule has 0 aromatic heterocycles. The zero-order valence-corrected chi connectivity index (χ0v) is 15.2. The van der Waals surface area contributed by atoms with Gasteiger partial charge in [0.2, 0.25) is 0 Å². The van der Waals surface area contributed by atoms with Crippen molar-refractivity contribution in [1.82, 2.24) is 4.90 Å². The summed E-state index contributed by atoms with van der Waals surface area (Å²) < 4.78 is 5.34. The summed E-state index contributed by atoms with van der Waals surface area (Å²) in [6, 6.07) is 7.94. The molecule has 4 N–H and O–H groups in total. The summed E-state index contributed by atoms with van der Waals surface area (Å²) in [4.78, 5) is 18.1. The largest absolute Gasteiger partial charge is 0.444 e. The Bertz CT molecular complexity index is 638. The Labute approximate surface area is 149 Å². The van der Waals surface area contributed by atoms with E-state index in [2.05, 4.69) is 4.99 Å². The third-order valence-electron chi connectivity index (χ3n) is 3.91. The van der Waals surface area contributed by atoms with E-state index in [1.807, 2.05) is 45.0 Å². The van der Waals surface area contributed by atoms with Crippen molar-refractivity contribution in [2.45, 2.75) is 32.9 Å². The normalized spacial score (nSPS) is 16.2. The highest BCUT2D eigenvalue weighted by molar-refractivity contribution is 6.09. The lowest BCUT2D eigenvalue weighted by Crippen LogP contribution is -2.52. The van der Waals surface area contributed by atoms with Crippen LogP contribution in [-0.2, 0) is 11.3 Å². The van der Waals surface area contributed by atoms with E-state index in [-0.39, 0.29) is 6.09 Å². The van der Waals surface area contributed by atoms with Gasteiger partial charge in [0, 0.05) is 50.1 Å². The van der Waals surface area contributed by atoms with Crippen molar-refractivity contribution in [1.29, 1.82) is 0 Å². The summed E-state index contributed by atoms with van der Waals surface area (Å²) in [6.45, 7) is 8.15. The molecule has 1 heterocycles. The minimum atomic E-state index is -0.458. The maximum atomic E-state index is 11.9. The topological polar surface area (TPSA) is 93.9 Å². The minimum Gasteiger partial charge on any atom is -0.444 e. The van der Waals surface area contributed by atoms with Gasteiger partial charge in [0.25, 0.3) is 0 Å². The number of nitrogens with zero attached hydrogens (tertiary/aromatic N) is 2. The lowest BCUT2D eigenvalue weighted by Gasteiger charge is -2.39. The van der Waals surface area contributed by atoms with Crippen LogP contribution in [0.1, 0.15) is 31.9 Å². The van der Waals surface area contributed by atoms with Crippen molar-refractivity contribution in [2.24, 2.45) is 22.4 Å². The van der Waals surface area contributed by atoms with Crippen molar-refractivity contribution in [2.75, 3.05) is 19.6 Å². The molecule has 1 amide bonds. The van der Waals surface area contributed by atoms with Gasteiger partial charge in [0.15, 0.2) is 0 Å². The maximum absolute atomic E-state index is 11.9. The molecule has 2 rings (SSSR count). The van der Waals surface area contributed by atoms with E-state index in [9.17, 15) is 4.79 Å². The molecular formula is C19H28N4O2. The van der Waals surface area contributed by atoms with E-state index in [1.54, 1.807) is 17.3 Å². The number of allylic oxidation sites excluding steroid dienone is 1. The molecule has 0 unspecified atom stereocenters. The number of ether oxygens (including phenoxy) is 1. The Morgan fingerprint density at radius 2 is 1.96 bits per heavy atom. The van der Waals surface area contributed by atoms with Crippen molar-refractivity contribution in [3.8, 4) is 0 Å². The molecule has 1 aliphatic rings. The molecule has 0 bridgehead atoms. The molecule has 1 aromatic rings. The zero-order valence-electron chi connectivity index (χ0n) is 15.2. The van der Waals surface area contributed by atoms with Gasteiger partial charge in [-0.2, -0.15) is 0 Å². The second-order valence-electron chi connectivity index (χ2n) is 7.27. The third-order valence-corrected chi connectivity index (χ3v) is 3.91. The molecular weight excluding hydrogens is 316 g/mol. The van der Waals surface area contributed by atoms with E-state index in [0.717, 1.165) is 16.7 Å². The summed E-state index contributed by atoms with van der Waals surface area (Å²) >= 11 is 0. The van der Waals surface area contributed by atoms with Crippen LogP contribution in [-0.4, -0.2) is 42.4 Å². The molecule has 0 aliphatic carbocycles. The Hall–Kier alpha value is -2.34. The summed E-state index contributed by atoms with van der Waals surface area (Å²) in [5.41, 5.74) is 13.8. The number of hydrogen-bond donors (Lipinski definition) is 2. The lowest BCUT2D eigenvalue weighted by atomic mass is 10.0. The van der Waals surface area contributed by atoms with Crippen molar-refractivity contribution < 1.29 is 9.53 Å². The first-order valence-electron chi connectivity index (χ1n) is 8.51. The molecule has 1 saturated heterocycles. The fraction of sp³-hybridized carbons (Fsp3) is 0.474. The first-order chi connectivity index (χ1) is 11.8. The number of carbonyl (C=O) groups is 1. The predicted molar refractivity (Wildman–Crippen MR) is 101 cm³/mol. The lowest BCUT2D eigenvalue weighted by molar-refractivity contribution is 0.000418. The number of aliphatic imine (C=N–C) groups is 1. The van der Waals surface area contributed by atoms with Gasteiger partial charge in [-0.05, 0) is 31.9 Å². The number of amides is 1. The van der Waals surface area contributed by atoms with E-state index >= 15 is 0 Å². The van der Waals surface area contributed by atoms with Crippen LogP contribution in [0.15, 0.2) is 35.5 Å². The van der Waals surface area contributed by atoms with Crippen LogP contribution < -0.4 is 11.5 Å². The molecule has 0 atom stereocenters. The second kappa shape index (κ2) is 8.16. The van der Waals surface area contributed by atoms with Crippen LogP contribution in [0.25, 0.3) is 5.57 Å². The summed E-state index contributed by atoms with van der Waals surface area (Å²) in [5.74, 6) is 0.363. The maximum Gasteiger partial charge on any atom is 0.410 e. The second-order valence-corrected chi connectivity index (χ2v) is 7.27.